The van der Waals surface area contributed by atoms with Gasteiger partial charge in [-0.1, -0.05) is 146 Å². The van der Waals surface area contributed by atoms with Crippen molar-refractivity contribution in [2.75, 3.05) is 72.2 Å². The highest BCUT2D eigenvalue weighted by atomic mass is 33.1. The molecule has 4 atom stereocenters. The summed E-state index contributed by atoms with van der Waals surface area (Å²) >= 11 is 0. The van der Waals surface area contributed by atoms with Crippen molar-refractivity contribution in [2.45, 2.75) is 209 Å². The highest BCUT2D eigenvalue weighted by Gasteiger charge is 2.22. The minimum atomic E-state index is -4.67. The van der Waals surface area contributed by atoms with Gasteiger partial charge in [0.1, 0.15) is 19.8 Å². The quantitative estimate of drug-likeness (QED) is 0.0141. The predicted molar refractivity (Wildman–Crippen MR) is 271 cm³/mol. The second-order valence-electron chi connectivity index (χ2n) is 18.8. The number of hydrogen-bond acceptors (Lipinski definition) is 16. The molecule has 2 aliphatic rings. The Morgan fingerprint density at radius 3 is 1.33 bits per heavy atom. The third-order valence-corrected chi connectivity index (χ3v) is 18.5. The number of rotatable bonds is 44. The molecule has 0 radical (unpaired) electrons. The molecule has 13 nitrogen and oxygen atoms in total. The van der Waals surface area contributed by atoms with E-state index in [4.69, 9.17) is 28.0 Å². The van der Waals surface area contributed by atoms with Crippen molar-refractivity contribution >= 4 is 74.9 Å². The number of esters is 4. The molecule has 18 heteroatoms. The van der Waals surface area contributed by atoms with Crippen LogP contribution < -0.4 is 4.89 Å². The summed E-state index contributed by atoms with van der Waals surface area (Å²) in [7, 11) is 8.98. The van der Waals surface area contributed by atoms with Crippen molar-refractivity contribution in [2.24, 2.45) is 0 Å². The lowest BCUT2D eigenvalue weighted by Gasteiger charge is -2.28. The van der Waals surface area contributed by atoms with Crippen LogP contribution in [0.2, 0.25) is 0 Å². The zero-order valence-electron chi connectivity index (χ0n) is 41.0. The van der Waals surface area contributed by atoms with E-state index in [0.717, 1.165) is 139 Å². The largest absolute Gasteiger partial charge is 0.756 e. The first kappa shape index (κ1) is 61.5. The average molecular weight is 1030 g/mol. The van der Waals surface area contributed by atoms with Gasteiger partial charge in [0.15, 0.2) is 6.10 Å². The topological polar surface area (TPSA) is 164 Å². The molecular formula is C48H88NO12PS4. The van der Waals surface area contributed by atoms with E-state index >= 15 is 0 Å². The third kappa shape index (κ3) is 38.1. The van der Waals surface area contributed by atoms with E-state index in [1.165, 1.54) is 37.2 Å². The first-order valence-corrected chi connectivity index (χ1v) is 31.7. The van der Waals surface area contributed by atoms with Crippen LogP contribution in [0.25, 0.3) is 0 Å². The Bertz CT molecular complexity index is 1320. The summed E-state index contributed by atoms with van der Waals surface area (Å²) in [5, 5.41) is 1.52. The molecule has 2 aliphatic heterocycles. The molecule has 2 fully saturated rings. The molecule has 0 aliphatic carbocycles. The zero-order valence-corrected chi connectivity index (χ0v) is 45.2. The standard InChI is InChI=1S/C48H88NO12PS4/c1-49(2,3)34-37-59-62(54,55)60-41-42(61-48(53)31-19-15-11-7-5-9-13-17-25-36-57-46(51)30-23-21-27-44-33-39-64-66-44)40-58-47(52)28-18-14-10-6-4-8-12-16-24-35-56-45(50)29-22-20-26-43-32-38-63-65-43/h42-44H,4-41H2,1-3H3/t42-,43-,44-/m1/s1. The number of phosphoric ester groups is 1. The summed E-state index contributed by atoms with van der Waals surface area (Å²) in [5.41, 5.74) is 0. The molecule has 0 aromatic rings. The fraction of sp³-hybridized carbons (Fsp3) is 0.917. The first-order chi connectivity index (χ1) is 31.8. The van der Waals surface area contributed by atoms with Gasteiger partial charge in [0.2, 0.25) is 0 Å². The van der Waals surface area contributed by atoms with Crippen LogP contribution in [0, 0.1) is 0 Å². The van der Waals surface area contributed by atoms with Crippen LogP contribution in [0.3, 0.4) is 0 Å². The molecule has 0 spiro atoms. The van der Waals surface area contributed by atoms with E-state index in [0.29, 0.717) is 49.9 Å². The average Bonchev–Trinajstić information content (AvgIpc) is 4.00. The van der Waals surface area contributed by atoms with Crippen molar-refractivity contribution < 1.29 is 61.1 Å². The molecule has 0 N–H and O–H groups in total. The smallest absolute Gasteiger partial charge is 0.306 e. The molecule has 66 heavy (non-hydrogen) atoms. The molecule has 2 rings (SSSR count). The first-order valence-electron chi connectivity index (χ1n) is 25.4. The second-order valence-corrected chi connectivity index (χ2v) is 25.8. The zero-order chi connectivity index (χ0) is 48.0. The van der Waals surface area contributed by atoms with Crippen molar-refractivity contribution in [1.82, 2.24) is 0 Å². The monoisotopic (exact) mass is 1030 g/mol. The number of carbonyl (C=O) groups is 4. The SMILES string of the molecule is C[N+](C)(C)CCOP(=O)([O-])OC[C@@H](COC(=O)CCCCCCCCCCCOC(=O)CCCC[C@@H]1CCSS1)OC(=O)CCCCCCCCCCCOC(=O)CCCC[C@@H]1CCSS1. The molecule has 0 aromatic heterocycles. The molecule has 2 heterocycles. The van der Waals surface area contributed by atoms with Gasteiger partial charge in [0, 0.05) is 47.7 Å². The lowest BCUT2D eigenvalue weighted by molar-refractivity contribution is -0.870. The number of carbonyl (C=O) groups excluding carboxylic acids is 4. The van der Waals surface area contributed by atoms with E-state index in [9.17, 15) is 28.6 Å². The van der Waals surface area contributed by atoms with Crippen LogP contribution in [-0.2, 0) is 51.7 Å². The molecule has 386 valence electrons. The summed E-state index contributed by atoms with van der Waals surface area (Å²) in [6.45, 7) is 0.600. The van der Waals surface area contributed by atoms with Crippen LogP contribution in [-0.4, -0.2) is 117 Å². The van der Waals surface area contributed by atoms with Gasteiger partial charge in [-0.15, -0.1) is 0 Å². The Morgan fingerprint density at radius 1 is 0.515 bits per heavy atom. The van der Waals surface area contributed by atoms with Gasteiger partial charge in [0.25, 0.3) is 7.82 Å². The van der Waals surface area contributed by atoms with Crippen molar-refractivity contribution in [3.8, 4) is 0 Å². The van der Waals surface area contributed by atoms with Crippen molar-refractivity contribution in [3.05, 3.63) is 0 Å². The van der Waals surface area contributed by atoms with Crippen LogP contribution in [0.4, 0.5) is 0 Å². The number of ether oxygens (including phenoxy) is 4. The fourth-order valence-corrected chi connectivity index (χ4v) is 14.2. The molecule has 0 aromatic carbocycles. The lowest BCUT2D eigenvalue weighted by Crippen LogP contribution is -2.37. The summed E-state index contributed by atoms with van der Waals surface area (Å²) in [4.78, 5) is 61.7. The lowest BCUT2D eigenvalue weighted by atomic mass is 10.1. The van der Waals surface area contributed by atoms with Gasteiger partial charge < -0.3 is 37.4 Å². The number of nitrogens with zero attached hydrogens (tertiary/aromatic N) is 1. The molecule has 0 bridgehead atoms. The number of hydrogen-bond donors (Lipinski definition) is 0. The molecule has 1 unspecified atom stereocenters. The van der Waals surface area contributed by atoms with Gasteiger partial charge >= 0.3 is 23.9 Å². The Morgan fingerprint density at radius 2 is 0.909 bits per heavy atom. The van der Waals surface area contributed by atoms with Crippen molar-refractivity contribution in [3.63, 3.8) is 0 Å². The van der Waals surface area contributed by atoms with E-state index in [1.54, 1.807) is 0 Å². The minimum absolute atomic E-state index is 0.0573. The Labute approximate surface area is 415 Å². The van der Waals surface area contributed by atoms with Gasteiger partial charge in [-0.3, -0.25) is 23.7 Å². The Kier molecular flexibility index (Phi) is 37.3. The van der Waals surface area contributed by atoms with E-state index in [2.05, 4.69) is 0 Å². The maximum Gasteiger partial charge on any atom is 0.306 e. The summed E-state index contributed by atoms with van der Waals surface area (Å²) in [5.74, 6) is 1.44. The summed E-state index contributed by atoms with van der Waals surface area (Å²) in [6.07, 6.45) is 27.3. The molecule has 0 amide bonds. The Balaban J connectivity index is 1.50. The molecular weight excluding hydrogens is 942 g/mol. The minimum Gasteiger partial charge on any atom is -0.756 e. The highest BCUT2D eigenvalue weighted by Crippen LogP contribution is 2.41. The van der Waals surface area contributed by atoms with Crippen LogP contribution >= 0.6 is 51.0 Å². The summed E-state index contributed by atoms with van der Waals surface area (Å²) in [6, 6.07) is 0. The fourth-order valence-electron chi connectivity index (χ4n) is 7.40. The number of unbranched alkanes of at least 4 members (excludes halogenated alkanes) is 18. The van der Waals surface area contributed by atoms with Crippen LogP contribution in [0.5, 0.6) is 0 Å². The van der Waals surface area contributed by atoms with E-state index < -0.39 is 32.5 Å². The number of phosphoric acid groups is 1. The van der Waals surface area contributed by atoms with Gasteiger partial charge in [-0.25, -0.2) is 0 Å². The van der Waals surface area contributed by atoms with Crippen molar-refractivity contribution in [1.29, 1.82) is 0 Å². The predicted octanol–water partition coefficient (Wildman–Crippen LogP) is 12.0. The molecule has 0 saturated carbocycles. The van der Waals surface area contributed by atoms with E-state index in [-0.39, 0.29) is 38.0 Å². The van der Waals surface area contributed by atoms with Gasteiger partial charge in [-0.05, 0) is 64.2 Å². The highest BCUT2D eigenvalue weighted by molar-refractivity contribution is 8.77. The number of quaternary nitrogens is 1. The maximum atomic E-state index is 12.8. The Hall–Kier alpha value is -0.650. The van der Waals surface area contributed by atoms with Crippen LogP contribution in [0.1, 0.15) is 193 Å². The second kappa shape index (κ2) is 40.0. The van der Waals surface area contributed by atoms with Gasteiger partial charge in [-0.2, -0.15) is 0 Å². The van der Waals surface area contributed by atoms with Gasteiger partial charge in [0.05, 0.1) is 41.0 Å². The van der Waals surface area contributed by atoms with Crippen LogP contribution in [0.15, 0.2) is 0 Å². The van der Waals surface area contributed by atoms with E-state index in [1.807, 2.05) is 64.3 Å². The maximum absolute atomic E-state index is 12.8. The number of likely N-dealkylation sites (N-methyl/N-ethyl adjacent to an activating group) is 1. The normalized spacial score (nSPS) is 17.6. The summed E-state index contributed by atoms with van der Waals surface area (Å²) < 4.78 is 44.8. The third-order valence-electron chi connectivity index (χ3n) is 11.5. The molecule has 2 saturated heterocycles.